The molecule has 0 bridgehead atoms. The molecule has 3 aromatic rings. The number of sulfonamides is 1. The SMILES string of the molecule is CC(C)(C)c1ccc(S(=O)(=O)N2CCN(C(=O)CCN3CCc4sccc4C3c3ccccc3)CC2)cc1. The van der Waals surface area contributed by atoms with Crippen LogP contribution in [0.3, 0.4) is 0 Å². The summed E-state index contributed by atoms with van der Waals surface area (Å²) in [6.45, 7) is 9.45. The predicted molar refractivity (Wildman–Crippen MR) is 153 cm³/mol. The highest BCUT2D eigenvalue weighted by Gasteiger charge is 2.32. The van der Waals surface area contributed by atoms with Crippen molar-refractivity contribution in [2.24, 2.45) is 0 Å². The topological polar surface area (TPSA) is 60.9 Å². The van der Waals surface area contributed by atoms with Crippen LogP contribution in [-0.2, 0) is 26.7 Å². The van der Waals surface area contributed by atoms with Gasteiger partial charge in [0.25, 0.3) is 0 Å². The third-order valence-electron chi connectivity index (χ3n) is 7.74. The van der Waals surface area contributed by atoms with Crippen molar-refractivity contribution in [3.63, 3.8) is 0 Å². The first-order chi connectivity index (χ1) is 18.1. The molecule has 0 radical (unpaired) electrons. The Labute approximate surface area is 230 Å². The van der Waals surface area contributed by atoms with Crippen molar-refractivity contribution in [2.45, 2.75) is 50.0 Å². The average molecular weight is 552 g/mol. The monoisotopic (exact) mass is 551 g/mol. The summed E-state index contributed by atoms with van der Waals surface area (Å²) in [6.07, 6.45) is 1.45. The molecule has 6 nitrogen and oxygen atoms in total. The van der Waals surface area contributed by atoms with Gasteiger partial charge in [0.15, 0.2) is 0 Å². The van der Waals surface area contributed by atoms with Crippen LogP contribution in [0.2, 0.25) is 0 Å². The van der Waals surface area contributed by atoms with Gasteiger partial charge >= 0.3 is 0 Å². The summed E-state index contributed by atoms with van der Waals surface area (Å²) in [5.74, 6) is 0.0968. The number of carbonyl (C=O) groups excluding carboxylic acids is 1. The smallest absolute Gasteiger partial charge is 0.243 e. The zero-order valence-corrected chi connectivity index (χ0v) is 24.1. The lowest BCUT2D eigenvalue weighted by atomic mass is 9.87. The van der Waals surface area contributed by atoms with Crippen LogP contribution in [0.1, 0.15) is 54.8 Å². The molecule has 202 valence electrons. The fourth-order valence-corrected chi connectivity index (χ4v) is 7.81. The Morgan fingerprint density at radius 2 is 1.61 bits per heavy atom. The van der Waals surface area contributed by atoms with E-state index in [-0.39, 0.29) is 17.4 Å². The highest BCUT2D eigenvalue weighted by atomic mass is 32.2. The van der Waals surface area contributed by atoms with Gasteiger partial charge < -0.3 is 4.90 Å². The van der Waals surface area contributed by atoms with Crippen LogP contribution in [0.5, 0.6) is 0 Å². The normalized spacial score (nSPS) is 19.3. The predicted octanol–water partition coefficient (Wildman–Crippen LogP) is 4.92. The summed E-state index contributed by atoms with van der Waals surface area (Å²) in [5.41, 5.74) is 3.68. The highest BCUT2D eigenvalue weighted by Crippen LogP contribution is 2.37. The molecule has 0 N–H and O–H groups in total. The molecule has 1 amide bonds. The van der Waals surface area contributed by atoms with Gasteiger partial charge in [0.1, 0.15) is 0 Å². The summed E-state index contributed by atoms with van der Waals surface area (Å²) < 4.78 is 28.0. The largest absolute Gasteiger partial charge is 0.340 e. The maximum Gasteiger partial charge on any atom is 0.243 e. The van der Waals surface area contributed by atoms with Gasteiger partial charge in [-0.25, -0.2) is 8.42 Å². The van der Waals surface area contributed by atoms with E-state index in [1.165, 1.54) is 20.3 Å². The zero-order chi connectivity index (χ0) is 26.9. The minimum absolute atomic E-state index is 0.0322. The van der Waals surface area contributed by atoms with Crippen molar-refractivity contribution in [3.8, 4) is 0 Å². The second kappa shape index (κ2) is 10.9. The van der Waals surface area contributed by atoms with Crippen molar-refractivity contribution in [1.29, 1.82) is 0 Å². The van der Waals surface area contributed by atoms with Crippen LogP contribution in [0, 0.1) is 0 Å². The Balaban J connectivity index is 1.19. The number of rotatable bonds is 6. The molecule has 0 aliphatic carbocycles. The molecule has 1 saturated heterocycles. The molecule has 1 aromatic heterocycles. The van der Waals surface area contributed by atoms with Gasteiger partial charge in [0.05, 0.1) is 10.9 Å². The van der Waals surface area contributed by atoms with Gasteiger partial charge in [-0.3, -0.25) is 9.69 Å². The number of hydrogen-bond donors (Lipinski definition) is 0. The molecule has 0 saturated carbocycles. The molecular weight excluding hydrogens is 514 g/mol. The number of carbonyl (C=O) groups is 1. The first-order valence-corrected chi connectivity index (χ1v) is 15.7. The van der Waals surface area contributed by atoms with Crippen LogP contribution in [0.15, 0.2) is 70.9 Å². The molecule has 2 aliphatic rings. The lowest BCUT2D eigenvalue weighted by Gasteiger charge is -2.37. The van der Waals surface area contributed by atoms with Crippen LogP contribution >= 0.6 is 11.3 Å². The van der Waals surface area contributed by atoms with E-state index in [1.807, 2.05) is 34.4 Å². The Hall–Kier alpha value is -2.52. The van der Waals surface area contributed by atoms with Crippen LogP contribution in [0.4, 0.5) is 0 Å². The van der Waals surface area contributed by atoms with Gasteiger partial charge in [0.2, 0.25) is 15.9 Å². The fourth-order valence-electron chi connectivity index (χ4n) is 5.49. The molecular formula is C30H37N3O3S2. The Kier molecular flexibility index (Phi) is 7.78. The molecule has 1 unspecified atom stereocenters. The number of piperazine rings is 1. The van der Waals surface area contributed by atoms with Gasteiger partial charge in [-0.05, 0) is 52.1 Å². The Morgan fingerprint density at radius 3 is 2.26 bits per heavy atom. The standard InChI is InChI=1S/C30H37N3O3S2/c1-30(2,3)24-9-11-25(12-10-24)38(35,36)33-20-18-31(19-21-33)28(34)14-17-32-16-13-27-26(15-22-37-27)29(32)23-7-5-4-6-8-23/h4-12,15,22,29H,13-14,16-21H2,1-3H3. The van der Waals surface area contributed by atoms with Crippen molar-refractivity contribution >= 4 is 27.3 Å². The summed E-state index contributed by atoms with van der Waals surface area (Å²) in [5, 5.41) is 2.17. The van der Waals surface area contributed by atoms with Crippen LogP contribution in [0.25, 0.3) is 0 Å². The maximum absolute atomic E-state index is 13.2. The van der Waals surface area contributed by atoms with Gasteiger partial charge in [0, 0.05) is 50.6 Å². The molecule has 2 aliphatic heterocycles. The fraction of sp³-hybridized carbons (Fsp3) is 0.433. The molecule has 5 rings (SSSR count). The average Bonchev–Trinajstić information content (AvgIpc) is 3.40. The van der Waals surface area contributed by atoms with Gasteiger partial charge in [-0.2, -0.15) is 4.31 Å². The van der Waals surface area contributed by atoms with Crippen LogP contribution in [-0.4, -0.2) is 67.7 Å². The van der Waals surface area contributed by atoms with E-state index in [1.54, 1.807) is 12.1 Å². The number of thiophene rings is 1. The van der Waals surface area contributed by atoms with Crippen molar-refractivity contribution in [2.75, 3.05) is 39.3 Å². The maximum atomic E-state index is 13.2. The summed E-state index contributed by atoms with van der Waals surface area (Å²) >= 11 is 1.82. The van der Waals surface area contributed by atoms with Crippen LogP contribution < -0.4 is 0 Å². The molecule has 0 spiro atoms. The van der Waals surface area contributed by atoms with Crippen molar-refractivity contribution < 1.29 is 13.2 Å². The first kappa shape index (κ1) is 27.1. The number of nitrogens with zero attached hydrogens (tertiary/aromatic N) is 3. The second-order valence-electron chi connectivity index (χ2n) is 11.2. The first-order valence-electron chi connectivity index (χ1n) is 13.4. The molecule has 8 heteroatoms. The minimum atomic E-state index is -3.58. The van der Waals surface area contributed by atoms with Gasteiger partial charge in [-0.1, -0.05) is 63.2 Å². The summed E-state index contributed by atoms with van der Waals surface area (Å²) in [4.78, 5) is 19.2. The van der Waals surface area contributed by atoms with E-state index < -0.39 is 10.0 Å². The van der Waals surface area contributed by atoms with E-state index in [2.05, 4.69) is 61.4 Å². The van der Waals surface area contributed by atoms with Gasteiger partial charge in [-0.15, -0.1) is 11.3 Å². The Morgan fingerprint density at radius 1 is 0.921 bits per heavy atom. The molecule has 2 aromatic carbocycles. The van der Waals surface area contributed by atoms with E-state index in [0.29, 0.717) is 44.0 Å². The zero-order valence-electron chi connectivity index (χ0n) is 22.5. The number of benzene rings is 2. The Bertz CT molecular complexity index is 1350. The molecule has 38 heavy (non-hydrogen) atoms. The molecule has 1 atom stereocenters. The van der Waals surface area contributed by atoms with Crippen molar-refractivity contribution in [1.82, 2.24) is 14.1 Å². The van der Waals surface area contributed by atoms with E-state index in [9.17, 15) is 13.2 Å². The van der Waals surface area contributed by atoms with Crippen molar-refractivity contribution in [3.05, 3.63) is 87.6 Å². The number of hydrogen-bond acceptors (Lipinski definition) is 5. The quantitative estimate of drug-likeness (QED) is 0.437. The lowest BCUT2D eigenvalue weighted by molar-refractivity contribution is -0.132. The lowest BCUT2D eigenvalue weighted by Crippen LogP contribution is -2.51. The molecule has 3 heterocycles. The third-order valence-corrected chi connectivity index (χ3v) is 10.7. The van der Waals surface area contributed by atoms with E-state index in [4.69, 9.17) is 0 Å². The minimum Gasteiger partial charge on any atom is -0.340 e. The summed E-state index contributed by atoms with van der Waals surface area (Å²) in [6, 6.07) is 20.1. The second-order valence-corrected chi connectivity index (χ2v) is 14.1. The molecule has 1 fully saturated rings. The number of fused-ring (bicyclic) bond motifs is 1. The van der Waals surface area contributed by atoms with E-state index >= 15 is 0 Å². The third kappa shape index (κ3) is 5.59. The summed E-state index contributed by atoms with van der Waals surface area (Å²) in [7, 11) is -3.58. The number of amides is 1. The van der Waals surface area contributed by atoms with E-state index in [0.717, 1.165) is 18.5 Å². The highest BCUT2D eigenvalue weighted by molar-refractivity contribution is 7.89.